The van der Waals surface area contributed by atoms with Crippen molar-refractivity contribution in [3.63, 3.8) is 0 Å². The van der Waals surface area contributed by atoms with Crippen LogP contribution in [-0.2, 0) is 13.6 Å². The summed E-state index contributed by atoms with van der Waals surface area (Å²) < 4.78 is 1.75. The summed E-state index contributed by atoms with van der Waals surface area (Å²) in [4.78, 5) is 19.5. The van der Waals surface area contributed by atoms with E-state index in [0.29, 0.717) is 6.54 Å². The fourth-order valence-electron chi connectivity index (χ4n) is 1.44. The quantitative estimate of drug-likeness (QED) is 0.902. The van der Waals surface area contributed by atoms with Crippen LogP contribution in [-0.4, -0.2) is 25.7 Å². The largest absolute Gasteiger partial charge is 0.346 e. The van der Waals surface area contributed by atoms with Crippen LogP contribution in [0.5, 0.6) is 0 Å². The Bertz CT molecular complexity index is 581. The number of halogens is 1. The Labute approximate surface area is 109 Å². The average molecular weight is 266 g/mol. The van der Waals surface area contributed by atoms with Gasteiger partial charge in [0.15, 0.2) is 0 Å². The standard InChI is InChI=1S/C11H12ClN5O/c1-7-8(4-15-17(7)2)3-14-11(18)9-5-13-6-10(12)16-9/h4-6H,3H2,1-2H3,(H,14,18). The maximum absolute atomic E-state index is 11.8. The van der Waals surface area contributed by atoms with Gasteiger partial charge < -0.3 is 5.32 Å². The van der Waals surface area contributed by atoms with Gasteiger partial charge in [0.05, 0.1) is 18.6 Å². The molecule has 0 aliphatic heterocycles. The lowest BCUT2D eigenvalue weighted by Crippen LogP contribution is -2.24. The third-order valence-electron chi connectivity index (χ3n) is 2.61. The highest BCUT2D eigenvalue weighted by Gasteiger charge is 2.10. The normalized spacial score (nSPS) is 10.4. The summed E-state index contributed by atoms with van der Waals surface area (Å²) in [6, 6.07) is 0. The molecule has 2 aromatic rings. The Hall–Kier alpha value is -1.95. The lowest BCUT2D eigenvalue weighted by atomic mass is 10.2. The van der Waals surface area contributed by atoms with Crippen LogP contribution < -0.4 is 5.32 Å². The van der Waals surface area contributed by atoms with Gasteiger partial charge in [-0.3, -0.25) is 14.5 Å². The summed E-state index contributed by atoms with van der Waals surface area (Å²) in [6.07, 6.45) is 4.47. The Kier molecular flexibility index (Phi) is 3.57. The molecule has 2 heterocycles. The van der Waals surface area contributed by atoms with E-state index in [1.165, 1.54) is 12.4 Å². The second kappa shape index (κ2) is 5.14. The molecule has 0 aromatic carbocycles. The predicted molar refractivity (Wildman–Crippen MR) is 66.2 cm³/mol. The van der Waals surface area contributed by atoms with Gasteiger partial charge in [-0.2, -0.15) is 5.10 Å². The number of carbonyl (C=O) groups excluding carboxylic acids is 1. The second-order valence-corrected chi connectivity index (χ2v) is 4.18. The fourth-order valence-corrected chi connectivity index (χ4v) is 1.58. The summed E-state index contributed by atoms with van der Waals surface area (Å²) in [5.74, 6) is -0.312. The van der Waals surface area contributed by atoms with Crippen molar-refractivity contribution in [3.8, 4) is 0 Å². The first-order valence-corrected chi connectivity index (χ1v) is 5.69. The van der Waals surface area contributed by atoms with Crippen molar-refractivity contribution < 1.29 is 4.79 Å². The monoisotopic (exact) mass is 265 g/mol. The maximum Gasteiger partial charge on any atom is 0.271 e. The van der Waals surface area contributed by atoms with Crippen LogP contribution in [0.2, 0.25) is 5.15 Å². The molecule has 18 heavy (non-hydrogen) atoms. The molecule has 0 aliphatic carbocycles. The first-order chi connectivity index (χ1) is 8.58. The summed E-state index contributed by atoms with van der Waals surface area (Å²) in [7, 11) is 1.85. The zero-order chi connectivity index (χ0) is 13.1. The SMILES string of the molecule is Cc1c(CNC(=O)c2cncc(Cl)n2)cnn1C. The minimum absolute atomic E-state index is 0.195. The highest BCUT2D eigenvalue weighted by Crippen LogP contribution is 2.06. The van der Waals surface area contributed by atoms with E-state index in [0.717, 1.165) is 11.3 Å². The molecule has 7 heteroatoms. The van der Waals surface area contributed by atoms with E-state index >= 15 is 0 Å². The highest BCUT2D eigenvalue weighted by atomic mass is 35.5. The van der Waals surface area contributed by atoms with E-state index in [1.807, 2.05) is 14.0 Å². The molecule has 2 aromatic heterocycles. The third kappa shape index (κ3) is 2.65. The minimum atomic E-state index is -0.312. The van der Waals surface area contributed by atoms with Crippen molar-refractivity contribution in [1.82, 2.24) is 25.1 Å². The van der Waals surface area contributed by atoms with Gasteiger partial charge in [0.2, 0.25) is 0 Å². The molecule has 0 atom stereocenters. The summed E-state index contributed by atoms with van der Waals surface area (Å²) in [5, 5.41) is 7.04. The van der Waals surface area contributed by atoms with Crippen molar-refractivity contribution in [2.45, 2.75) is 13.5 Å². The van der Waals surface area contributed by atoms with Gasteiger partial charge in [-0.15, -0.1) is 0 Å². The number of nitrogens with zero attached hydrogens (tertiary/aromatic N) is 4. The van der Waals surface area contributed by atoms with Crippen molar-refractivity contribution in [2.24, 2.45) is 7.05 Å². The summed E-state index contributed by atoms with van der Waals surface area (Å²) >= 11 is 5.67. The molecule has 94 valence electrons. The van der Waals surface area contributed by atoms with Crippen LogP contribution in [0.4, 0.5) is 0 Å². The molecule has 0 saturated heterocycles. The van der Waals surface area contributed by atoms with Crippen LogP contribution in [0.15, 0.2) is 18.6 Å². The van der Waals surface area contributed by atoms with Gasteiger partial charge in [0, 0.05) is 24.8 Å². The molecule has 0 fully saturated rings. The number of amides is 1. The minimum Gasteiger partial charge on any atom is -0.346 e. The average Bonchev–Trinajstić information content (AvgIpc) is 2.67. The molecule has 0 bridgehead atoms. The Morgan fingerprint density at radius 1 is 1.44 bits per heavy atom. The van der Waals surface area contributed by atoms with E-state index in [-0.39, 0.29) is 16.8 Å². The molecule has 0 aliphatic rings. The summed E-state index contributed by atoms with van der Waals surface area (Å²) in [6.45, 7) is 2.33. The molecule has 0 saturated carbocycles. The Morgan fingerprint density at radius 3 is 2.83 bits per heavy atom. The van der Waals surface area contributed by atoms with Crippen LogP contribution >= 0.6 is 11.6 Å². The van der Waals surface area contributed by atoms with Gasteiger partial charge in [-0.25, -0.2) is 4.98 Å². The smallest absolute Gasteiger partial charge is 0.271 e. The van der Waals surface area contributed by atoms with E-state index in [1.54, 1.807) is 10.9 Å². The molecule has 0 radical (unpaired) electrons. The van der Waals surface area contributed by atoms with Crippen molar-refractivity contribution >= 4 is 17.5 Å². The molecule has 0 spiro atoms. The molecule has 1 N–H and O–H groups in total. The number of nitrogens with one attached hydrogen (secondary N) is 1. The van der Waals surface area contributed by atoms with Crippen LogP contribution in [0, 0.1) is 6.92 Å². The van der Waals surface area contributed by atoms with Crippen LogP contribution in [0.25, 0.3) is 0 Å². The van der Waals surface area contributed by atoms with Crippen molar-refractivity contribution in [1.29, 1.82) is 0 Å². The molecular formula is C11H12ClN5O. The third-order valence-corrected chi connectivity index (χ3v) is 2.80. The predicted octanol–water partition coefficient (Wildman–Crippen LogP) is 1.10. The maximum atomic E-state index is 11.8. The lowest BCUT2D eigenvalue weighted by Gasteiger charge is -2.04. The lowest BCUT2D eigenvalue weighted by molar-refractivity contribution is 0.0945. The topological polar surface area (TPSA) is 72.7 Å². The number of aromatic nitrogens is 4. The Morgan fingerprint density at radius 2 is 2.22 bits per heavy atom. The van der Waals surface area contributed by atoms with Gasteiger partial charge in [0.25, 0.3) is 5.91 Å². The van der Waals surface area contributed by atoms with Gasteiger partial charge >= 0.3 is 0 Å². The fraction of sp³-hybridized carbons (Fsp3) is 0.273. The van der Waals surface area contributed by atoms with Crippen LogP contribution in [0.3, 0.4) is 0 Å². The highest BCUT2D eigenvalue weighted by molar-refractivity contribution is 6.29. The van der Waals surface area contributed by atoms with E-state index in [9.17, 15) is 4.79 Å². The zero-order valence-electron chi connectivity index (χ0n) is 10.0. The number of hydrogen-bond donors (Lipinski definition) is 1. The van der Waals surface area contributed by atoms with Gasteiger partial charge in [-0.05, 0) is 6.92 Å². The number of rotatable bonds is 3. The molecule has 6 nitrogen and oxygen atoms in total. The molecule has 1 amide bonds. The zero-order valence-corrected chi connectivity index (χ0v) is 10.8. The van der Waals surface area contributed by atoms with Crippen molar-refractivity contribution in [3.05, 3.63) is 40.7 Å². The number of carbonyl (C=O) groups is 1. The Balaban J connectivity index is 2.03. The molecular weight excluding hydrogens is 254 g/mol. The summed E-state index contributed by atoms with van der Waals surface area (Å²) in [5.41, 5.74) is 2.16. The number of aryl methyl sites for hydroxylation is 1. The first kappa shape index (κ1) is 12.5. The van der Waals surface area contributed by atoms with Gasteiger partial charge in [0.1, 0.15) is 10.8 Å². The van der Waals surface area contributed by atoms with Gasteiger partial charge in [-0.1, -0.05) is 11.6 Å². The van der Waals surface area contributed by atoms with E-state index in [4.69, 9.17) is 11.6 Å². The van der Waals surface area contributed by atoms with E-state index in [2.05, 4.69) is 20.4 Å². The molecule has 0 unspecified atom stereocenters. The van der Waals surface area contributed by atoms with Crippen LogP contribution in [0.1, 0.15) is 21.7 Å². The number of hydrogen-bond acceptors (Lipinski definition) is 4. The van der Waals surface area contributed by atoms with E-state index < -0.39 is 0 Å². The van der Waals surface area contributed by atoms with Crippen molar-refractivity contribution in [2.75, 3.05) is 0 Å². The second-order valence-electron chi connectivity index (χ2n) is 3.79. The molecule has 2 rings (SSSR count). The first-order valence-electron chi connectivity index (χ1n) is 5.31.